The van der Waals surface area contributed by atoms with Crippen LogP contribution in [0.3, 0.4) is 0 Å². The maximum absolute atomic E-state index is 12.8. The Morgan fingerprint density at radius 3 is 2.52 bits per heavy atom. The summed E-state index contributed by atoms with van der Waals surface area (Å²) in [5, 5.41) is 0. The Kier molecular flexibility index (Phi) is 7.53. The van der Waals surface area contributed by atoms with E-state index in [4.69, 9.17) is 9.15 Å². The fourth-order valence-corrected chi connectivity index (χ4v) is 2.86. The number of hydrogen-bond donors (Lipinski definition) is 0. The lowest BCUT2D eigenvalue weighted by Crippen LogP contribution is -2.37. The molecule has 0 aliphatic carbocycles. The maximum atomic E-state index is 12.8. The largest absolute Gasteiger partial charge is 0.489 e. The molecule has 2 aromatic heterocycles. The van der Waals surface area contributed by atoms with Crippen molar-refractivity contribution < 1.29 is 28.3 Å². The van der Waals surface area contributed by atoms with Crippen LogP contribution in [-0.4, -0.2) is 36.0 Å². The highest BCUT2D eigenvalue weighted by Gasteiger charge is 2.26. The number of aromatic nitrogens is 1. The van der Waals surface area contributed by atoms with Gasteiger partial charge in [-0.05, 0) is 30.5 Å². The molecule has 0 saturated heterocycles. The van der Waals surface area contributed by atoms with Gasteiger partial charge in [-0.1, -0.05) is 36.4 Å². The first-order valence-electron chi connectivity index (χ1n) is 9.73. The average Bonchev–Trinajstić information content (AvgIpc) is 3.24. The molecule has 0 radical (unpaired) electrons. The predicted octanol–water partition coefficient (Wildman–Crippen LogP) is 4.06. The van der Waals surface area contributed by atoms with Crippen LogP contribution in [0.5, 0.6) is 5.75 Å². The van der Waals surface area contributed by atoms with E-state index in [2.05, 4.69) is 9.72 Å². The van der Waals surface area contributed by atoms with Gasteiger partial charge in [-0.15, -0.1) is 0 Å². The molecule has 0 aliphatic rings. The molecule has 0 saturated carbocycles. The average molecular weight is 422 g/mol. The molecule has 8 nitrogen and oxygen atoms in total. The molecule has 3 aromatic rings. The molecule has 0 spiro atoms. The predicted molar refractivity (Wildman–Crippen MR) is 112 cm³/mol. The normalized spacial score (nSPS) is 10.4. The molecule has 0 unspecified atom stereocenters. The van der Waals surface area contributed by atoms with E-state index >= 15 is 0 Å². The topological polar surface area (TPSA) is 98.9 Å². The number of hydrogen-bond acceptors (Lipinski definition) is 7. The highest BCUT2D eigenvalue weighted by atomic mass is 16.6. The van der Waals surface area contributed by atoms with Gasteiger partial charge in [-0.3, -0.25) is 14.5 Å². The number of ketones is 1. The molecule has 8 heteroatoms. The zero-order chi connectivity index (χ0) is 22.1. The lowest BCUT2D eigenvalue weighted by Gasteiger charge is -2.19. The Balaban J connectivity index is 1.64. The summed E-state index contributed by atoms with van der Waals surface area (Å²) in [5.41, 5.74) is 1.20. The second-order valence-corrected chi connectivity index (χ2v) is 6.61. The summed E-state index contributed by atoms with van der Waals surface area (Å²) in [6.45, 7) is 1.06. The van der Waals surface area contributed by atoms with Gasteiger partial charge < -0.3 is 13.9 Å². The van der Waals surface area contributed by atoms with Crippen molar-refractivity contribution in [2.75, 3.05) is 18.1 Å². The number of benzene rings is 1. The van der Waals surface area contributed by atoms with Gasteiger partial charge >= 0.3 is 12.1 Å². The molecule has 2 heterocycles. The Hall–Kier alpha value is -3.94. The number of pyridine rings is 1. The van der Waals surface area contributed by atoms with Gasteiger partial charge in [-0.2, -0.15) is 0 Å². The number of amides is 1. The van der Waals surface area contributed by atoms with Gasteiger partial charge in [0, 0.05) is 19.2 Å². The second kappa shape index (κ2) is 10.7. The summed E-state index contributed by atoms with van der Waals surface area (Å²) in [7, 11) is 0. The molecule has 3 rings (SSSR count). The number of carbonyl (C=O) groups excluding carboxylic acids is 3. The first-order valence-corrected chi connectivity index (χ1v) is 9.73. The summed E-state index contributed by atoms with van der Waals surface area (Å²) in [5.74, 6) is -0.873. The molecule has 160 valence electrons. The number of anilines is 1. The number of aryl methyl sites for hydroxylation is 1. The second-order valence-electron chi connectivity index (χ2n) is 6.61. The quantitative estimate of drug-likeness (QED) is 0.222. The van der Waals surface area contributed by atoms with Gasteiger partial charge in [0.2, 0.25) is 11.5 Å². The van der Waals surface area contributed by atoms with Gasteiger partial charge in [0.15, 0.2) is 5.75 Å². The first kappa shape index (κ1) is 21.8. The lowest BCUT2D eigenvalue weighted by molar-refractivity contribution is -0.134. The number of Topliss-reactive ketones (excluding diaryl/α,β-unsaturated/α-hetero) is 1. The fourth-order valence-electron chi connectivity index (χ4n) is 2.86. The summed E-state index contributed by atoms with van der Waals surface area (Å²) < 4.78 is 15.6. The lowest BCUT2D eigenvalue weighted by atomic mass is 10.1. The zero-order valence-electron chi connectivity index (χ0n) is 17.0. The van der Waals surface area contributed by atoms with Crippen molar-refractivity contribution in [3.05, 3.63) is 78.4 Å². The zero-order valence-corrected chi connectivity index (χ0v) is 17.0. The standard InChI is InChI=1S/C23H22N2O6/c1-17(26)31-23(28)25(21-11-5-6-13-24-21)16-19(27)22-20(12-15-30-22)29-14-7-10-18-8-3-2-4-9-18/h2-6,8-9,11-13,15H,7,10,14,16H2,1H3. The van der Waals surface area contributed by atoms with E-state index in [1.165, 1.54) is 24.1 Å². The minimum absolute atomic E-state index is 0.0173. The minimum atomic E-state index is -1.00. The van der Waals surface area contributed by atoms with E-state index in [-0.39, 0.29) is 11.6 Å². The third-order valence-electron chi connectivity index (χ3n) is 4.27. The Morgan fingerprint density at radius 2 is 1.81 bits per heavy atom. The molecular weight excluding hydrogens is 400 g/mol. The van der Waals surface area contributed by atoms with Crippen LogP contribution >= 0.6 is 0 Å². The van der Waals surface area contributed by atoms with Crippen LogP contribution in [0.1, 0.15) is 29.5 Å². The molecular formula is C23H22N2O6. The molecule has 1 amide bonds. The molecule has 1 aromatic carbocycles. The van der Waals surface area contributed by atoms with Crippen LogP contribution in [0, 0.1) is 0 Å². The summed E-state index contributed by atoms with van der Waals surface area (Å²) in [4.78, 5) is 41.3. The van der Waals surface area contributed by atoms with Crippen LogP contribution in [-0.2, 0) is 16.0 Å². The summed E-state index contributed by atoms with van der Waals surface area (Å²) in [6.07, 6.45) is 3.40. The Bertz CT molecular complexity index is 1020. The molecule has 0 atom stereocenters. The molecule has 0 bridgehead atoms. The Labute approximate surface area is 179 Å². The van der Waals surface area contributed by atoms with Crippen LogP contribution in [0.15, 0.2) is 71.5 Å². The highest BCUT2D eigenvalue weighted by molar-refractivity contribution is 6.04. The van der Waals surface area contributed by atoms with Crippen molar-refractivity contribution in [1.82, 2.24) is 4.98 Å². The number of carbonyl (C=O) groups is 3. The minimum Gasteiger partial charge on any atom is -0.489 e. The third-order valence-corrected chi connectivity index (χ3v) is 4.27. The van der Waals surface area contributed by atoms with E-state index in [1.807, 2.05) is 30.3 Å². The van der Waals surface area contributed by atoms with Crippen molar-refractivity contribution in [1.29, 1.82) is 0 Å². The smallest absolute Gasteiger partial charge is 0.423 e. The third kappa shape index (κ3) is 6.27. The van der Waals surface area contributed by atoms with E-state index in [9.17, 15) is 14.4 Å². The summed E-state index contributed by atoms with van der Waals surface area (Å²) in [6, 6.07) is 16.4. The fraction of sp³-hybridized carbons (Fsp3) is 0.217. The van der Waals surface area contributed by atoms with Crippen LogP contribution in [0.4, 0.5) is 10.6 Å². The van der Waals surface area contributed by atoms with Gasteiger partial charge in [-0.25, -0.2) is 9.78 Å². The molecule has 0 N–H and O–H groups in total. The highest BCUT2D eigenvalue weighted by Crippen LogP contribution is 2.22. The van der Waals surface area contributed by atoms with E-state index in [0.29, 0.717) is 12.4 Å². The van der Waals surface area contributed by atoms with Crippen molar-refractivity contribution in [2.45, 2.75) is 19.8 Å². The number of furan rings is 1. The number of ether oxygens (including phenoxy) is 2. The van der Waals surface area contributed by atoms with Crippen LogP contribution in [0.2, 0.25) is 0 Å². The first-order chi connectivity index (χ1) is 15.0. The van der Waals surface area contributed by atoms with Crippen molar-refractivity contribution in [2.24, 2.45) is 0 Å². The van der Waals surface area contributed by atoms with Gasteiger partial charge in [0.05, 0.1) is 19.4 Å². The van der Waals surface area contributed by atoms with Crippen LogP contribution in [0.25, 0.3) is 0 Å². The van der Waals surface area contributed by atoms with Crippen molar-refractivity contribution >= 4 is 23.7 Å². The SMILES string of the molecule is CC(=O)OC(=O)N(CC(=O)c1occc1OCCCc1ccccc1)c1ccccn1. The monoisotopic (exact) mass is 422 g/mol. The summed E-state index contributed by atoms with van der Waals surface area (Å²) >= 11 is 0. The maximum Gasteiger partial charge on any atom is 0.423 e. The van der Waals surface area contributed by atoms with Crippen molar-refractivity contribution in [3.8, 4) is 5.75 Å². The molecule has 31 heavy (non-hydrogen) atoms. The van der Waals surface area contributed by atoms with Gasteiger partial charge in [0.1, 0.15) is 5.82 Å². The van der Waals surface area contributed by atoms with E-state index in [1.54, 1.807) is 18.2 Å². The van der Waals surface area contributed by atoms with Crippen LogP contribution < -0.4 is 9.64 Å². The number of rotatable bonds is 9. The van der Waals surface area contributed by atoms with E-state index in [0.717, 1.165) is 24.7 Å². The number of nitrogens with zero attached hydrogens (tertiary/aromatic N) is 2. The Morgan fingerprint density at radius 1 is 1.03 bits per heavy atom. The van der Waals surface area contributed by atoms with Crippen molar-refractivity contribution in [3.63, 3.8) is 0 Å². The van der Waals surface area contributed by atoms with E-state index < -0.39 is 24.4 Å². The van der Waals surface area contributed by atoms with Gasteiger partial charge in [0.25, 0.3) is 0 Å². The molecule has 0 aliphatic heterocycles. The molecule has 0 fully saturated rings. The number of esters is 1.